The molecule has 2 heteroatoms. The second-order valence-corrected chi connectivity index (χ2v) is 5.51. The van der Waals surface area contributed by atoms with E-state index in [0.29, 0.717) is 12.3 Å². The molecule has 0 saturated heterocycles. The molecular weight excluding hydrogens is 191 g/mol. The lowest BCUT2D eigenvalue weighted by Crippen LogP contribution is -2.32. The normalized spacial score (nSPS) is 45.1. The molecule has 0 spiro atoms. The number of halogens is 1. The number of carbonyl (C=O) groups is 1. The molecule has 0 aromatic rings. The Hall–Kier alpha value is -0.400. The zero-order chi connectivity index (χ0) is 11.1. The van der Waals surface area contributed by atoms with Crippen LogP contribution in [-0.4, -0.2) is 12.0 Å². The Morgan fingerprint density at radius 3 is 2.53 bits per heavy atom. The van der Waals surface area contributed by atoms with Crippen molar-refractivity contribution in [2.45, 2.75) is 58.5 Å². The van der Waals surface area contributed by atoms with Gasteiger partial charge < -0.3 is 0 Å². The third-order valence-electron chi connectivity index (χ3n) is 4.47. The quantitative estimate of drug-likeness (QED) is 0.699. The molecule has 0 bridgehead atoms. The first-order valence-electron chi connectivity index (χ1n) is 6.28. The van der Waals surface area contributed by atoms with Crippen LogP contribution in [0.2, 0.25) is 0 Å². The molecule has 2 rings (SSSR count). The van der Waals surface area contributed by atoms with E-state index in [2.05, 4.69) is 6.92 Å². The fourth-order valence-electron chi connectivity index (χ4n) is 3.03. The zero-order valence-electron chi connectivity index (χ0n) is 9.76. The van der Waals surface area contributed by atoms with Crippen LogP contribution in [0.1, 0.15) is 52.4 Å². The maximum absolute atomic E-state index is 13.2. The third-order valence-corrected chi connectivity index (χ3v) is 4.47. The number of ketones is 1. The minimum Gasteiger partial charge on any atom is -0.299 e. The van der Waals surface area contributed by atoms with Gasteiger partial charge in [0, 0.05) is 5.92 Å². The lowest BCUT2D eigenvalue weighted by Gasteiger charge is -2.31. The van der Waals surface area contributed by atoms with E-state index in [1.165, 1.54) is 12.8 Å². The smallest absolute Gasteiger partial charge is 0.145 e. The summed E-state index contributed by atoms with van der Waals surface area (Å²) in [5, 5.41) is 0. The fraction of sp³-hybridized carbons (Fsp3) is 0.923. The van der Waals surface area contributed by atoms with Crippen molar-refractivity contribution < 1.29 is 9.18 Å². The lowest BCUT2D eigenvalue weighted by atomic mass is 9.72. The lowest BCUT2D eigenvalue weighted by molar-refractivity contribution is -0.131. The van der Waals surface area contributed by atoms with Gasteiger partial charge in [-0.2, -0.15) is 0 Å². The van der Waals surface area contributed by atoms with Crippen LogP contribution in [0.3, 0.4) is 0 Å². The number of hydrogen-bond acceptors (Lipinski definition) is 1. The Kier molecular flexibility index (Phi) is 2.87. The highest BCUT2D eigenvalue weighted by molar-refractivity contribution is 5.90. The first-order valence-corrected chi connectivity index (χ1v) is 6.28. The van der Waals surface area contributed by atoms with Crippen LogP contribution >= 0.6 is 0 Å². The molecule has 0 aromatic heterocycles. The summed E-state index contributed by atoms with van der Waals surface area (Å²) >= 11 is 0. The zero-order valence-corrected chi connectivity index (χ0v) is 9.76. The molecule has 0 radical (unpaired) electrons. The molecule has 2 fully saturated rings. The molecule has 0 amide bonds. The van der Waals surface area contributed by atoms with Gasteiger partial charge >= 0.3 is 0 Å². The second kappa shape index (κ2) is 3.88. The predicted molar refractivity (Wildman–Crippen MR) is 58.4 cm³/mol. The third kappa shape index (κ3) is 1.83. The molecule has 2 aliphatic rings. The maximum Gasteiger partial charge on any atom is 0.145 e. The van der Waals surface area contributed by atoms with Crippen molar-refractivity contribution in [1.29, 1.82) is 0 Å². The number of carbonyl (C=O) groups excluding carboxylic acids is 1. The summed E-state index contributed by atoms with van der Waals surface area (Å²) < 4.78 is 13.2. The second-order valence-electron chi connectivity index (χ2n) is 5.51. The van der Waals surface area contributed by atoms with Crippen molar-refractivity contribution in [3.8, 4) is 0 Å². The summed E-state index contributed by atoms with van der Waals surface area (Å²) in [4.78, 5) is 12.2. The van der Waals surface area contributed by atoms with Gasteiger partial charge in [0.25, 0.3) is 0 Å². The van der Waals surface area contributed by atoms with Crippen LogP contribution in [0.15, 0.2) is 0 Å². The van der Waals surface area contributed by atoms with Crippen LogP contribution in [0.25, 0.3) is 0 Å². The molecule has 15 heavy (non-hydrogen) atoms. The van der Waals surface area contributed by atoms with Gasteiger partial charge in [0.2, 0.25) is 0 Å². The molecule has 1 nitrogen and oxygen atoms in total. The number of hydrogen-bond donors (Lipinski definition) is 0. The molecule has 2 saturated carbocycles. The fourth-order valence-corrected chi connectivity index (χ4v) is 3.03. The van der Waals surface area contributed by atoms with Crippen molar-refractivity contribution in [3.05, 3.63) is 0 Å². The van der Waals surface area contributed by atoms with E-state index in [1.807, 2.05) is 0 Å². The Balaban J connectivity index is 2.05. The summed E-state index contributed by atoms with van der Waals surface area (Å²) in [6, 6.07) is 0. The molecule has 4 atom stereocenters. The van der Waals surface area contributed by atoms with Gasteiger partial charge in [0.1, 0.15) is 12.0 Å². The molecule has 4 unspecified atom stereocenters. The molecule has 0 N–H and O–H groups in total. The topological polar surface area (TPSA) is 17.1 Å². The van der Waals surface area contributed by atoms with E-state index in [0.717, 1.165) is 19.3 Å². The van der Waals surface area contributed by atoms with E-state index >= 15 is 0 Å². The van der Waals surface area contributed by atoms with Crippen LogP contribution < -0.4 is 0 Å². The van der Waals surface area contributed by atoms with Gasteiger partial charge in [-0.25, -0.2) is 4.39 Å². The van der Waals surface area contributed by atoms with Crippen molar-refractivity contribution >= 4 is 5.78 Å². The van der Waals surface area contributed by atoms with E-state index in [4.69, 9.17) is 0 Å². The monoisotopic (exact) mass is 212 g/mol. The molecule has 2 aliphatic carbocycles. The first kappa shape index (κ1) is 11.1. The molecular formula is C13H21FO. The van der Waals surface area contributed by atoms with Crippen molar-refractivity contribution in [2.24, 2.45) is 17.3 Å². The summed E-state index contributed by atoms with van der Waals surface area (Å²) in [5.41, 5.74) is -0.602. The largest absolute Gasteiger partial charge is 0.299 e. The van der Waals surface area contributed by atoms with Gasteiger partial charge in [0.05, 0.1) is 5.41 Å². The van der Waals surface area contributed by atoms with Gasteiger partial charge in [0.15, 0.2) is 0 Å². The summed E-state index contributed by atoms with van der Waals surface area (Å²) in [5.74, 6) is 0.909. The van der Waals surface area contributed by atoms with Crippen LogP contribution in [0.5, 0.6) is 0 Å². The Labute approximate surface area is 91.4 Å². The maximum atomic E-state index is 13.2. The van der Waals surface area contributed by atoms with Gasteiger partial charge in [-0.15, -0.1) is 0 Å². The predicted octanol–water partition coefficient (Wildman–Crippen LogP) is 3.52. The highest BCUT2D eigenvalue weighted by atomic mass is 19.1. The van der Waals surface area contributed by atoms with Crippen molar-refractivity contribution in [2.75, 3.05) is 0 Å². The van der Waals surface area contributed by atoms with E-state index in [-0.39, 0.29) is 11.7 Å². The number of Topliss-reactive ketones (excluding diaryl/α,β-unsaturated/α-hetero) is 1. The standard InChI is InChI=1S/C13H21FO/c1-3-9-6-4-5-7-10(9)12(15)13(2)8-11(13)14/h9-11H,3-8H2,1-2H3. The first-order chi connectivity index (χ1) is 7.09. The van der Waals surface area contributed by atoms with E-state index in [1.54, 1.807) is 6.92 Å². The molecule has 0 aliphatic heterocycles. The highest BCUT2D eigenvalue weighted by Crippen LogP contribution is 2.52. The Bertz CT molecular complexity index is 263. The molecule has 0 heterocycles. The number of rotatable bonds is 3. The molecule has 0 aromatic carbocycles. The van der Waals surface area contributed by atoms with Gasteiger partial charge in [-0.3, -0.25) is 4.79 Å². The van der Waals surface area contributed by atoms with Gasteiger partial charge in [-0.05, 0) is 32.1 Å². The van der Waals surface area contributed by atoms with Gasteiger partial charge in [-0.1, -0.05) is 26.2 Å². The highest BCUT2D eigenvalue weighted by Gasteiger charge is 2.58. The van der Waals surface area contributed by atoms with E-state index < -0.39 is 11.6 Å². The van der Waals surface area contributed by atoms with Crippen LogP contribution in [0.4, 0.5) is 4.39 Å². The minimum absolute atomic E-state index is 0.162. The summed E-state index contributed by atoms with van der Waals surface area (Å²) in [6.07, 6.45) is 5.25. The van der Waals surface area contributed by atoms with E-state index in [9.17, 15) is 9.18 Å². The summed E-state index contributed by atoms with van der Waals surface area (Å²) in [7, 11) is 0. The minimum atomic E-state index is -0.857. The summed E-state index contributed by atoms with van der Waals surface area (Å²) in [6.45, 7) is 3.96. The van der Waals surface area contributed by atoms with Crippen LogP contribution in [0, 0.1) is 17.3 Å². The van der Waals surface area contributed by atoms with Crippen LogP contribution in [-0.2, 0) is 4.79 Å². The Morgan fingerprint density at radius 2 is 2.00 bits per heavy atom. The number of alkyl halides is 1. The average Bonchev–Trinajstić information content (AvgIpc) is 2.87. The average molecular weight is 212 g/mol. The SMILES string of the molecule is CCC1CCCCC1C(=O)C1(C)CC1F. The Morgan fingerprint density at radius 1 is 1.40 bits per heavy atom. The molecule has 86 valence electrons. The van der Waals surface area contributed by atoms with Crippen molar-refractivity contribution in [1.82, 2.24) is 0 Å². The van der Waals surface area contributed by atoms with Crippen molar-refractivity contribution in [3.63, 3.8) is 0 Å².